The van der Waals surface area contributed by atoms with Crippen LogP contribution in [0.25, 0.3) is 0 Å². The van der Waals surface area contributed by atoms with Gasteiger partial charge in [-0.1, -0.05) is 6.42 Å². The van der Waals surface area contributed by atoms with E-state index in [-0.39, 0.29) is 29.1 Å². The number of fused-ring (bicyclic) bond motifs is 2. The maximum absolute atomic E-state index is 13.4. The zero-order valence-corrected chi connectivity index (χ0v) is 18.3. The second kappa shape index (κ2) is 8.86. The summed E-state index contributed by atoms with van der Waals surface area (Å²) in [5.41, 5.74) is 0.235. The number of halogens is 1. The molecule has 0 aromatic heterocycles. The summed E-state index contributed by atoms with van der Waals surface area (Å²) < 4.78 is 46.7. The molecular weight excluding hydrogens is 419 g/mol. The number of carbonyl (C=O) groups excluding carboxylic acids is 1. The minimum atomic E-state index is -4.04. The molecule has 8 heteroatoms. The molecule has 0 saturated heterocycles. The summed E-state index contributed by atoms with van der Waals surface area (Å²) in [5, 5.41) is 3.03. The van der Waals surface area contributed by atoms with E-state index in [1.807, 2.05) is 6.92 Å². The summed E-state index contributed by atoms with van der Waals surface area (Å²) in [6.07, 6.45) is 4.42. The first-order valence-electron chi connectivity index (χ1n) is 10.7. The van der Waals surface area contributed by atoms with Crippen molar-refractivity contribution in [1.29, 1.82) is 0 Å². The van der Waals surface area contributed by atoms with Crippen LogP contribution in [0.5, 0.6) is 5.75 Å². The summed E-state index contributed by atoms with van der Waals surface area (Å²) >= 11 is 0. The number of rotatable bonds is 8. The van der Waals surface area contributed by atoms with Crippen LogP contribution in [0.15, 0.2) is 53.4 Å². The highest BCUT2D eigenvalue weighted by molar-refractivity contribution is 7.92. The van der Waals surface area contributed by atoms with Crippen molar-refractivity contribution in [2.45, 2.75) is 43.5 Å². The quantitative estimate of drug-likeness (QED) is 0.671. The van der Waals surface area contributed by atoms with Gasteiger partial charge in [-0.15, -0.1) is 0 Å². The van der Waals surface area contributed by atoms with Gasteiger partial charge in [0.15, 0.2) is 0 Å². The second-order valence-corrected chi connectivity index (χ2v) is 10.1. The Morgan fingerprint density at radius 2 is 1.81 bits per heavy atom. The topological polar surface area (TPSA) is 75.7 Å². The van der Waals surface area contributed by atoms with Gasteiger partial charge in [-0.2, -0.15) is 0 Å². The number of ether oxygens (including phenoxy) is 1. The molecule has 1 N–H and O–H groups in total. The summed E-state index contributed by atoms with van der Waals surface area (Å²) in [7, 11) is -4.04. The smallest absolute Gasteiger partial charge is 0.264 e. The van der Waals surface area contributed by atoms with Gasteiger partial charge < -0.3 is 10.1 Å². The minimum Gasteiger partial charge on any atom is -0.494 e. The zero-order valence-electron chi connectivity index (χ0n) is 17.5. The molecule has 0 heterocycles. The predicted octanol–water partition coefficient (Wildman–Crippen LogP) is 3.72. The molecule has 3 atom stereocenters. The highest BCUT2D eigenvalue weighted by atomic mass is 32.2. The van der Waals surface area contributed by atoms with E-state index in [9.17, 15) is 17.6 Å². The maximum atomic E-state index is 13.4. The molecular formula is C23H27FN2O4S. The average molecular weight is 447 g/mol. The zero-order chi connectivity index (χ0) is 22.0. The van der Waals surface area contributed by atoms with Crippen LogP contribution in [-0.2, 0) is 14.8 Å². The standard InChI is InChI=1S/C23H27FN2O4S/c1-2-30-20-9-11-21(12-10-20)31(28,29)26(19-7-5-18(24)6-8-19)15-23(27)25-22-14-16-3-4-17(22)13-16/h5-12,16-17,22H,2-4,13-15H2,1H3,(H,25,27)/t16-,17+,22+/m1/s1. The van der Waals surface area contributed by atoms with Gasteiger partial charge in [-0.25, -0.2) is 12.8 Å². The van der Waals surface area contributed by atoms with Crippen LogP contribution >= 0.6 is 0 Å². The predicted molar refractivity (Wildman–Crippen MR) is 116 cm³/mol. The van der Waals surface area contributed by atoms with Crippen molar-refractivity contribution in [2.24, 2.45) is 11.8 Å². The third-order valence-corrected chi connectivity index (χ3v) is 8.00. The molecule has 0 unspecified atom stereocenters. The van der Waals surface area contributed by atoms with Gasteiger partial charge in [0.05, 0.1) is 17.2 Å². The van der Waals surface area contributed by atoms with Crippen LogP contribution in [0.4, 0.5) is 10.1 Å². The lowest BCUT2D eigenvalue weighted by molar-refractivity contribution is -0.120. The van der Waals surface area contributed by atoms with E-state index in [0.717, 1.165) is 23.6 Å². The monoisotopic (exact) mass is 446 g/mol. The van der Waals surface area contributed by atoms with Gasteiger partial charge in [-0.05, 0) is 86.6 Å². The Bertz CT molecular complexity index is 1020. The van der Waals surface area contributed by atoms with E-state index in [1.54, 1.807) is 12.1 Å². The first kappa shape index (κ1) is 21.6. The molecule has 2 aromatic rings. The Kier molecular flexibility index (Phi) is 6.18. The second-order valence-electron chi connectivity index (χ2n) is 8.24. The van der Waals surface area contributed by atoms with Gasteiger partial charge in [0, 0.05) is 6.04 Å². The van der Waals surface area contributed by atoms with Crippen molar-refractivity contribution < 1.29 is 22.3 Å². The SMILES string of the molecule is CCOc1ccc(S(=O)(=O)N(CC(=O)N[C@H]2C[C@@H]3CC[C@H]2C3)c2ccc(F)cc2)cc1. The summed E-state index contributed by atoms with van der Waals surface area (Å²) in [6.45, 7) is 1.95. The van der Waals surface area contributed by atoms with E-state index in [4.69, 9.17) is 4.74 Å². The van der Waals surface area contributed by atoms with E-state index in [0.29, 0.717) is 24.2 Å². The summed E-state index contributed by atoms with van der Waals surface area (Å²) in [4.78, 5) is 12.9. The molecule has 0 radical (unpaired) electrons. The molecule has 2 aliphatic rings. The van der Waals surface area contributed by atoms with Gasteiger partial charge in [0.25, 0.3) is 10.0 Å². The normalized spacial score (nSPS) is 22.3. The van der Waals surface area contributed by atoms with Crippen LogP contribution < -0.4 is 14.4 Å². The van der Waals surface area contributed by atoms with Crippen molar-refractivity contribution in [1.82, 2.24) is 5.32 Å². The Labute approximate surface area is 182 Å². The van der Waals surface area contributed by atoms with Gasteiger partial charge in [-0.3, -0.25) is 9.10 Å². The van der Waals surface area contributed by atoms with Crippen molar-refractivity contribution in [3.63, 3.8) is 0 Å². The molecule has 1 amide bonds. The third kappa shape index (κ3) is 4.69. The highest BCUT2D eigenvalue weighted by Gasteiger charge is 2.40. The third-order valence-electron chi connectivity index (χ3n) is 6.21. The Balaban J connectivity index is 1.57. The number of nitrogens with one attached hydrogen (secondary N) is 1. The fourth-order valence-electron chi connectivity index (χ4n) is 4.73. The van der Waals surface area contributed by atoms with Crippen LogP contribution in [0, 0.1) is 17.7 Å². The molecule has 0 spiro atoms. The molecule has 0 aliphatic heterocycles. The fraction of sp³-hybridized carbons (Fsp3) is 0.435. The number of anilines is 1. The molecule has 4 rings (SSSR count). The number of benzene rings is 2. The highest BCUT2D eigenvalue weighted by Crippen LogP contribution is 2.44. The lowest BCUT2D eigenvalue weighted by Crippen LogP contribution is -2.46. The molecule has 2 fully saturated rings. The summed E-state index contributed by atoms with van der Waals surface area (Å²) in [6, 6.07) is 11.3. The molecule has 166 valence electrons. The van der Waals surface area contributed by atoms with E-state index >= 15 is 0 Å². The van der Waals surface area contributed by atoms with E-state index < -0.39 is 15.8 Å². The van der Waals surface area contributed by atoms with Gasteiger partial charge >= 0.3 is 0 Å². The number of amides is 1. The lowest BCUT2D eigenvalue weighted by Gasteiger charge is -2.27. The number of nitrogens with zero attached hydrogens (tertiary/aromatic N) is 1. The maximum Gasteiger partial charge on any atom is 0.264 e. The van der Waals surface area contributed by atoms with Crippen LogP contribution in [0.2, 0.25) is 0 Å². The van der Waals surface area contributed by atoms with Crippen molar-refractivity contribution >= 4 is 21.6 Å². The van der Waals surface area contributed by atoms with Crippen LogP contribution in [-0.4, -0.2) is 33.5 Å². The Morgan fingerprint density at radius 3 is 2.39 bits per heavy atom. The Hall–Kier alpha value is -2.61. The summed E-state index contributed by atoms with van der Waals surface area (Å²) in [5.74, 6) is 0.876. The van der Waals surface area contributed by atoms with E-state index in [1.165, 1.54) is 42.8 Å². The molecule has 6 nitrogen and oxygen atoms in total. The largest absolute Gasteiger partial charge is 0.494 e. The van der Waals surface area contributed by atoms with Crippen LogP contribution in [0.3, 0.4) is 0 Å². The first-order chi connectivity index (χ1) is 14.9. The number of sulfonamides is 1. The van der Waals surface area contributed by atoms with E-state index in [2.05, 4.69) is 5.32 Å². The molecule has 2 saturated carbocycles. The first-order valence-corrected chi connectivity index (χ1v) is 12.1. The van der Waals surface area contributed by atoms with Crippen molar-refractivity contribution in [2.75, 3.05) is 17.5 Å². The van der Waals surface area contributed by atoms with Crippen molar-refractivity contribution in [3.8, 4) is 5.75 Å². The van der Waals surface area contributed by atoms with Crippen molar-refractivity contribution in [3.05, 3.63) is 54.3 Å². The molecule has 2 bridgehead atoms. The lowest BCUT2D eigenvalue weighted by atomic mass is 9.95. The number of carbonyl (C=O) groups is 1. The fourth-order valence-corrected chi connectivity index (χ4v) is 6.15. The van der Waals surface area contributed by atoms with Crippen LogP contribution in [0.1, 0.15) is 32.6 Å². The van der Waals surface area contributed by atoms with Gasteiger partial charge in [0.2, 0.25) is 5.91 Å². The minimum absolute atomic E-state index is 0.0352. The number of hydrogen-bond acceptors (Lipinski definition) is 4. The molecule has 31 heavy (non-hydrogen) atoms. The molecule has 2 aromatic carbocycles. The van der Waals surface area contributed by atoms with Gasteiger partial charge in [0.1, 0.15) is 18.1 Å². The number of hydrogen-bond donors (Lipinski definition) is 1. The average Bonchev–Trinajstić information content (AvgIpc) is 3.37. The molecule has 2 aliphatic carbocycles. The Morgan fingerprint density at radius 1 is 1.10 bits per heavy atom.